The number of benzene rings is 2. The maximum atomic E-state index is 13.0. The number of nitrogens with two attached hydrogens (primary N) is 1. The average molecular weight is 355 g/mol. The number of hydrogen-bond donors (Lipinski definition) is 2. The van der Waals surface area contributed by atoms with Crippen molar-refractivity contribution in [1.29, 1.82) is 0 Å². The predicted octanol–water partition coefficient (Wildman–Crippen LogP) is 3.57. The second kappa shape index (κ2) is 8.05. The Kier molecular flexibility index (Phi) is 5.58. The monoisotopic (exact) mass is 355 g/mol. The maximum absolute atomic E-state index is 13.0. The first-order valence-corrected chi connectivity index (χ1v) is 9.01. The van der Waals surface area contributed by atoms with Crippen molar-refractivity contribution in [3.8, 4) is 0 Å². The van der Waals surface area contributed by atoms with Gasteiger partial charge in [0.25, 0.3) is 5.91 Å². The normalized spacial score (nSPS) is 13.2. The Hall–Kier alpha value is -2.50. The average Bonchev–Trinajstić information content (AvgIpc) is 3.16. The van der Waals surface area contributed by atoms with Crippen molar-refractivity contribution in [2.45, 2.75) is 19.0 Å². The number of halogens is 1. The van der Waals surface area contributed by atoms with Gasteiger partial charge in [-0.3, -0.25) is 4.79 Å². The molecule has 1 heterocycles. The number of nitrogens with one attached hydrogen (secondary N) is 1. The van der Waals surface area contributed by atoms with Crippen molar-refractivity contribution in [2.75, 3.05) is 5.32 Å². The molecule has 0 fully saturated rings. The van der Waals surface area contributed by atoms with Gasteiger partial charge in [-0.25, -0.2) is 4.39 Å². The highest BCUT2D eigenvalue weighted by Gasteiger charge is 2.25. The van der Waals surface area contributed by atoms with Crippen molar-refractivity contribution in [3.63, 3.8) is 0 Å². The molecule has 0 bridgehead atoms. The van der Waals surface area contributed by atoms with Crippen molar-refractivity contribution in [3.05, 3.63) is 88.4 Å². The van der Waals surface area contributed by atoms with Crippen LogP contribution < -0.4 is 10.6 Å². The first kappa shape index (κ1) is 17.3. The summed E-state index contributed by atoms with van der Waals surface area (Å²) in [4.78, 5) is 13.7. The fourth-order valence-corrected chi connectivity index (χ4v) is 3.50. The minimum Gasteiger partial charge on any atom is -0.326 e. The van der Waals surface area contributed by atoms with Crippen LogP contribution in [0.1, 0.15) is 23.4 Å². The van der Waals surface area contributed by atoms with E-state index in [1.807, 2.05) is 36.6 Å². The van der Waals surface area contributed by atoms with Crippen LogP contribution in [-0.2, 0) is 4.79 Å². The Morgan fingerprint density at radius 3 is 2.40 bits per heavy atom. The molecule has 1 amide bonds. The summed E-state index contributed by atoms with van der Waals surface area (Å²) in [6, 6.07) is 19.8. The first-order valence-electron chi connectivity index (χ1n) is 8.13. The largest absolute Gasteiger partial charge is 0.326 e. The van der Waals surface area contributed by atoms with Crippen LogP contribution in [0.5, 0.6) is 0 Å². The Morgan fingerprint density at radius 2 is 1.76 bits per heavy atom. The molecule has 0 saturated heterocycles. The highest BCUT2D eigenvalue weighted by molar-refractivity contribution is 7.10. The number of amides is 1. The minimum absolute atomic E-state index is 0.0650. The molecule has 0 saturated carbocycles. The van der Waals surface area contributed by atoms with Crippen LogP contribution in [0, 0.1) is 5.82 Å². The van der Waals surface area contributed by atoms with Gasteiger partial charge in [0, 0.05) is 11.3 Å². The smallest absolute Gasteiger partial charge is 0.282 e. The molecular formula is C20H20FN2OS+. The molecular weight excluding hydrogens is 335 g/mol. The van der Waals surface area contributed by atoms with E-state index in [9.17, 15) is 9.18 Å². The molecule has 0 aliphatic heterocycles. The number of rotatable bonds is 6. The van der Waals surface area contributed by atoms with Crippen LogP contribution in [0.3, 0.4) is 0 Å². The summed E-state index contributed by atoms with van der Waals surface area (Å²) in [5.74, 6) is -0.427. The second-order valence-corrected chi connectivity index (χ2v) is 6.86. The van der Waals surface area contributed by atoms with E-state index in [-0.39, 0.29) is 23.8 Å². The predicted molar refractivity (Wildman–Crippen MR) is 99.0 cm³/mol. The molecule has 5 heteroatoms. The van der Waals surface area contributed by atoms with E-state index in [0.717, 1.165) is 5.56 Å². The van der Waals surface area contributed by atoms with Crippen LogP contribution in [0.25, 0.3) is 0 Å². The van der Waals surface area contributed by atoms with E-state index in [4.69, 9.17) is 0 Å². The summed E-state index contributed by atoms with van der Waals surface area (Å²) in [7, 11) is 0. The number of anilines is 1. The number of quaternary nitrogens is 1. The molecule has 128 valence electrons. The van der Waals surface area contributed by atoms with Crippen LogP contribution in [0.4, 0.5) is 10.1 Å². The molecule has 3 N–H and O–H groups in total. The van der Waals surface area contributed by atoms with Gasteiger partial charge in [-0.05, 0) is 42.6 Å². The van der Waals surface area contributed by atoms with E-state index in [2.05, 4.69) is 28.8 Å². The first-order chi connectivity index (χ1) is 12.1. The molecule has 0 aliphatic rings. The third kappa shape index (κ3) is 4.53. The van der Waals surface area contributed by atoms with E-state index in [1.165, 1.54) is 17.0 Å². The number of carbonyl (C=O) groups excluding carboxylic acids is 1. The van der Waals surface area contributed by atoms with Crippen molar-refractivity contribution >= 4 is 22.9 Å². The summed E-state index contributed by atoms with van der Waals surface area (Å²) in [6.07, 6.45) is 0. The lowest BCUT2D eigenvalue weighted by Crippen LogP contribution is -2.92. The van der Waals surface area contributed by atoms with E-state index >= 15 is 0 Å². The summed E-state index contributed by atoms with van der Waals surface area (Å²) in [6.45, 7) is 1.88. The van der Waals surface area contributed by atoms with E-state index < -0.39 is 0 Å². The molecule has 2 atom stereocenters. The zero-order chi connectivity index (χ0) is 17.6. The Bertz CT molecular complexity index is 803. The summed E-state index contributed by atoms with van der Waals surface area (Å²) in [5, 5.41) is 6.94. The molecule has 2 aromatic carbocycles. The highest BCUT2D eigenvalue weighted by atomic mass is 32.1. The highest BCUT2D eigenvalue weighted by Crippen LogP contribution is 2.22. The molecule has 3 nitrogen and oxygen atoms in total. The third-order valence-electron chi connectivity index (χ3n) is 4.01. The fraction of sp³-hybridized carbons (Fsp3) is 0.150. The van der Waals surface area contributed by atoms with Gasteiger partial charge < -0.3 is 10.6 Å². The fourth-order valence-electron chi connectivity index (χ4n) is 2.66. The van der Waals surface area contributed by atoms with Crippen molar-refractivity contribution in [2.24, 2.45) is 0 Å². The topological polar surface area (TPSA) is 45.7 Å². The third-order valence-corrected chi connectivity index (χ3v) is 4.97. The van der Waals surface area contributed by atoms with Crippen LogP contribution in [0.2, 0.25) is 0 Å². The van der Waals surface area contributed by atoms with Gasteiger partial charge in [0.1, 0.15) is 11.9 Å². The van der Waals surface area contributed by atoms with Gasteiger partial charge in [-0.2, -0.15) is 0 Å². The van der Waals surface area contributed by atoms with Gasteiger partial charge in [-0.1, -0.05) is 36.4 Å². The lowest BCUT2D eigenvalue weighted by molar-refractivity contribution is -0.703. The summed E-state index contributed by atoms with van der Waals surface area (Å²) in [5.41, 5.74) is 1.76. The van der Waals surface area contributed by atoms with Crippen LogP contribution in [-0.4, -0.2) is 11.9 Å². The van der Waals surface area contributed by atoms with Crippen LogP contribution >= 0.6 is 11.3 Å². The van der Waals surface area contributed by atoms with E-state index in [0.29, 0.717) is 5.69 Å². The van der Waals surface area contributed by atoms with Crippen molar-refractivity contribution in [1.82, 2.24) is 0 Å². The maximum Gasteiger partial charge on any atom is 0.282 e. The lowest BCUT2D eigenvalue weighted by Gasteiger charge is -2.19. The van der Waals surface area contributed by atoms with Gasteiger partial charge >= 0.3 is 0 Å². The van der Waals surface area contributed by atoms with Gasteiger partial charge in [0.2, 0.25) is 0 Å². The van der Waals surface area contributed by atoms with Crippen molar-refractivity contribution < 1.29 is 14.5 Å². The number of thiophene rings is 1. The number of carbonyl (C=O) groups is 1. The molecule has 0 unspecified atom stereocenters. The zero-order valence-corrected chi connectivity index (χ0v) is 14.7. The quantitative estimate of drug-likeness (QED) is 0.698. The molecule has 0 radical (unpaired) electrons. The minimum atomic E-state index is -0.320. The Morgan fingerprint density at radius 1 is 1.04 bits per heavy atom. The van der Waals surface area contributed by atoms with Gasteiger partial charge in [0.05, 0.1) is 4.88 Å². The molecule has 0 spiro atoms. The van der Waals surface area contributed by atoms with E-state index in [1.54, 1.807) is 23.5 Å². The Balaban J connectivity index is 1.72. The molecule has 3 rings (SSSR count). The second-order valence-electron chi connectivity index (χ2n) is 5.88. The van der Waals surface area contributed by atoms with Gasteiger partial charge in [0.15, 0.2) is 6.04 Å². The summed E-state index contributed by atoms with van der Waals surface area (Å²) < 4.78 is 13.0. The molecule has 25 heavy (non-hydrogen) atoms. The summed E-state index contributed by atoms with van der Waals surface area (Å²) >= 11 is 1.68. The standard InChI is InChI=1S/C20H19FN2OS/c1-14(20(24)23-17-11-9-16(21)10-12-17)22-19(18-8-5-13-25-18)15-6-3-2-4-7-15/h2-14,19,22H,1H3,(H,23,24)/p+1/t14-,19+/m0/s1. The molecule has 3 aromatic rings. The molecule has 0 aliphatic carbocycles. The molecule has 1 aromatic heterocycles. The number of hydrogen-bond acceptors (Lipinski definition) is 2. The SMILES string of the molecule is C[C@H]([NH2+][C@H](c1ccccc1)c1cccs1)C(=O)Nc1ccc(F)cc1. The van der Waals surface area contributed by atoms with Crippen LogP contribution in [0.15, 0.2) is 72.1 Å². The van der Waals surface area contributed by atoms with Gasteiger partial charge in [-0.15, -0.1) is 11.3 Å². The zero-order valence-electron chi connectivity index (χ0n) is 13.9. The Labute approximate surface area is 150 Å². The lowest BCUT2D eigenvalue weighted by atomic mass is 10.0.